The number of nitrogens with one attached hydrogen (secondary N) is 1. The van der Waals surface area contributed by atoms with Gasteiger partial charge in [-0.25, -0.2) is 4.98 Å². The molecule has 1 aliphatic heterocycles. The van der Waals surface area contributed by atoms with E-state index >= 15 is 0 Å². The van der Waals surface area contributed by atoms with Gasteiger partial charge in [0.1, 0.15) is 11.6 Å². The van der Waals surface area contributed by atoms with Crippen LogP contribution in [0.2, 0.25) is 0 Å². The number of nitrogen functional groups attached to an aromatic ring is 1. The number of nitrogens with two attached hydrogens (primary N) is 1. The van der Waals surface area contributed by atoms with Gasteiger partial charge in [-0.3, -0.25) is 4.57 Å². The maximum atomic E-state index is 6.28. The lowest BCUT2D eigenvalue weighted by Gasteiger charge is -2.13. The predicted molar refractivity (Wildman–Crippen MR) is 106 cm³/mol. The number of hydrogen-bond acceptors (Lipinski definition) is 5. The number of fused-ring (bicyclic) bond motifs is 2. The first-order chi connectivity index (χ1) is 13.3. The molecule has 0 atom stereocenters. The molecule has 2 aromatic carbocycles. The van der Waals surface area contributed by atoms with Gasteiger partial charge in [0.15, 0.2) is 0 Å². The van der Waals surface area contributed by atoms with Gasteiger partial charge in [0.2, 0.25) is 5.95 Å². The van der Waals surface area contributed by atoms with E-state index in [4.69, 9.17) is 20.4 Å². The van der Waals surface area contributed by atoms with Gasteiger partial charge in [-0.05, 0) is 17.7 Å². The van der Waals surface area contributed by atoms with E-state index in [1.165, 1.54) is 5.56 Å². The highest BCUT2D eigenvalue weighted by Gasteiger charge is 2.22. The SMILES string of the molecule is Nc1cc2ccccc2n1-c1nc2c(c(NCc3ccccc3)n1)COC2. The molecule has 0 amide bonds. The van der Waals surface area contributed by atoms with Crippen molar-refractivity contribution in [3.63, 3.8) is 0 Å². The highest BCUT2D eigenvalue weighted by atomic mass is 16.5. The van der Waals surface area contributed by atoms with Crippen LogP contribution in [0.25, 0.3) is 16.9 Å². The molecular formula is C21H19N5O. The molecule has 2 aromatic heterocycles. The normalized spacial score (nSPS) is 13.0. The molecule has 27 heavy (non-hydrogen) atoms. The quantitative estimate of drug-likeness (QED) is 0.583. The van der Waals surface area contributed by atoms with Crippen molar-refractivity contribution in [3.8, 4) is 5.95 Å². The molecule has 134 valence electrons. The van der Waals surface area contributed by atoms with Crippen LogP contribution < -0.4 is 11.1 Å². The molecule has 3 N–H and O–H groups in total. The number of hydrogen-bond donors (Lipinski definition) is 2. The number of nitrogens with zero attached hydrogens (tertiary/aromatic N) is 3. The second kappa shape index (κ2) is 6.41. The lowest BCUT2D eigenvalue weighted by Crippen LogP contribution is -2.11. The van der Waals surface area contributed by atoms with Crippen LogP contribution in [0, 0.1) is 0 Å². The fourth-order valence-electron chi connectivity index (χ4n) is 3.47. The molecule has 0 fully saturated rings. The number of rotatable bonds is 4. The Balaban J connectivity index is 1.58. The summed E-state index contributed by atoms with van der Waals surface area (Å²) in [7, 11) is 0. The van der Waals surface area contributed by atoms with Gasteiger partial charge in [0.25, 0.3) is 0 Å². The van der Waals surface area contributed by atoms with E-state index in [9.17, 15) is 0 Å². The third-order valence-electron chi connectivity index (χ3n) is 4.81. The van der Waals surface area contributed by atoms with Crippen molar-refractivity contribution in [2.75, 3.05) is 11.1 Å². The van der Waals surface area contributed by atoms with Crippen molar-refractivity contribution < 1.29 is 4.74 Å². The summed E-state index contributed by atoms with van der Waals surface area (Å²) in [6, 6.07) is 20.2. The summed E-state index contributed by atoms with van der Waals surface area (Å²) in [5, 5.41) is 4.51. The number of anilines is 2. The standard InChI is InChI=1S/C21H19N5O/c22-19-10-15-8-4-5-9-18(15)26(19)21-24-17-13-27-12-16(17)20(25-21)23-11-14-6-2-1-3-7-14/h1-10H,11-13,22H2,(H,23,24,25). The Labute approximate surface area is 156 Å². The predicted octanol–water partition coefficient (Wildman–Crippen LogP) is 3.65. The summed E-state index contributed by atoms with van der Waals surface area (Å²) < 4.78 is 7.51. The molecule has 4 aromatic rings. The first-order valence-electron chi connectivity index (χ1n) is 8.91. The fourth-order valence-corrected chi connectivity index (χ4v) is 3.47. The molecule has 0 saturated carbocycles. The minimum Gasteiger partial charge on any atom is -0.385 e. The van der Waals surface area contributed by atoms with E-state index in [2.05, 4.69) is 17.4 Å². The van der Waals surface area contributed by atoms with Gasteiger partial charge in [-0.1, -0.05) is 48.5 Å². The summed E-state index contributed by atoms with van der Waals surface area (Å²) in [5.41, 5.74) is 10.4. The number of aromatic nitrogens is 3. The van der Waals surface area contributed by atoms with Gasteiger partial charge < -0.3 is 15.8 Å². The molecular weight excluding hydrogens is 338 g/mol. The van der Waals surface area contributed by atoms with E-state index in [1.807, 2.05) is 53.1 Å². The maximum absolute atomic E-state index is 6.28. The van der Waals surface area contributed by atoms with Crippen LogP contribution >= 0.6 is 0 Å². The largest absolute Gasteiger partial charge is 0.385 e. The van der Waals surface area contributed by atoms with Crippen LogP contribution in [0.3, 0.4) is 0 Å². The molecule has 5 rings (SSSR count). The van der Waals surface area contributed by atoms with E-state index in [-0.39, 0.29) is 0 Å². The highest BCUT2D eigenvalue weighted by Crippen LogP contribution is 2.29. The van der Waals surface area contributed by atoms with Gasteiger partial charge >= 0.3 is 0 Å². The zero-order valence-electron chi connectivity index (χ0n) is 14.7. The van der Waals surface area contributed by atoms with Gasteiger partial charge in [0.05, 0.1) is 24.4 Å². The Bertz CT molecular complexity index is 1120. The second-order valence-electron chi connectivity index (χ2n) is 6.59. The summed E-state index contributed by atoms with van der Waals surface area (Å²) in [6.07, 6.45) is 0. The van der Waals surface area contributed by atoms with Crippen molar-refractivity contribution in [1.29, 1.82) is 0 Å². The average Bonchev–Trinajstić information content (AvgIpc) is 3.30. The molecule has 0 unspecified atom stereocenters. The topological polar surface area (TPSA) is 78.0 Å². The van der Waals surface area contributed by atoms with Crippen LogP contribution in [-0.4, -0.2) is 14.5 Å². The summed E-state index contributed by atoms with van der Waals surface area (Å²) in [6.45, 7) is 1.70. The van der Waals surface area contributed by atoms with Crippen molar-refractivity contribution in [1.82, 2.24) is 14.5 Å². The van der Waals surface area contributed by atoms with Gasteiger partial charge in [-0.15, -0.1) is 0 Å². The molecule has 0 bridgehead atoms. The van der Waals surface area contributed by atoms with Crippen LogP contribution in [0.1, 0.15) is 16.8 Å². The molecule has 3 heterocycles. The Morgan fingerprint density at radius 2 is 1.81 bits per heavy atom. The number of benzene rings is 2. The van der Waals surface area contributed by atoms with Crippen molar-refractivity contribution in [2.45, 2.75) is 19.8 Å². The number of ether oxygens (including phenoxy) is 1. The molecule has 0 aliphatic carbocycles. The first-order valence-corrected chi connectivity index (χ1v) is 8.91. The Morgan fingerprint density at radius 1 is 1.00 bits per heavy atom. The maximum Gasteiger partial charge on any atom is 0.238 e. The van der Waals surface area contributed by atoms with E-state index < -0.39 is 0 Å². The van der Waals surface area contributed by atoms with Gasteiger partial charge in [0, 0.05) is 17.5 Å². The van der Waals surface area contributed by atoms with Crippen LogP contribution in [-0.2, 0) is 24.5 Å². The van der Waals surface area contributed by atoms with Crippen LogP contribution in [0.5, 0.6) is 0 Å². The fraction of sp³-hybridized carbons (Fsp3) is 0.143. The smallest absolute Gasteiger partial charge is 0.238 e. The van der Waals surface area contributed by atoms with Crippen molar-refractivity contribution >= 4 is 22.5 Å². The summed E-state index contributed by atoms with van der Waals surface area (Å²) in [5.74, 6) is 1.98. The van der Waals surface area contributed by atoms with Crippen molar-refractivity contribution in [2.24, 2.45) is 0 Å². The number of para-hydroxylation sites is 1. The molecule has 6 nitrogen and oxygen atoms in total. The lowest BCUT2D eigenvalue weighted by molar-refractivity contribution is 0.133. The first kappa shape index (κ1) is 15.8. The minimum absolute atomic E-state index is 0.490. The monoisotopic (exact) mass is 357 g/mol. The molecule has 0 saturated heterocycles. The Kier molecular flexibility index (Phi) is 3.76. The summed E-state index contributed by atoms with van der Waals surface area (Å²) >= 11 is 0. The zero-order chi connectivity index (χ0) is 18.2. The molecule has 0 radical (unpaired) electrons. The zero-order valence-corrected chi connectivity index (χ0v) is 14.7. The Hall–Kier alpha value is -3.38. The van der Waals surface area contributed by atoms with E-state index in [0.717, 1.165) is 28.0 Å². The molecule has 1 aliphatic rings. The van der Waals surface area contributed by atoms with Gasteiger partial charge in [-0.2, -0.15) is 4.98 Å². The highest BCUT2D eigenvalue weighted by molar-refractivity contribution is 5.86. The second-order valence-corrected chi connectivity index (χ2v) is 6.59. The minimum atomic E-state index is 0.490. The third-order valence-corrected chi connectivity index (χ3v) is 4.81. The lowest BCUT2D eigenvalue weighted by atomic mass is 10.2. The average molecular weight is 357 g/mol. The molecule has 0 spiro atoms. The Morgan fingerprint density at radius 3 is 2.70 bits per heavy atom. The molecule has 6 heteroatoms. The third kappa shape index (κ3) is 2.80. The summed E-state index contributed by atoms with van der Waals surface area (Å²) in [4.78, 5) is 9.52. The van der Waals surface area contributed by atoms with Crippen LogP contribution in [0.4, 0.5) is 11.6 Å². The van der Waals surface area contributed by atoms with Crippen molar-refractivity contribution in [3.05, 3.63) is 77.5 Å². The van der Waals surface area contributed by atoms with E-state index in [1.54, 1.807) is 0 Å². The van der Waals surface area contributed by atoms with E-state index in [0.29, 0.717) is 31.5 Å². The van der Waals surface area contributed by atoms with Crippen LogP contribution in [0.15, 0.2) is 60.7 Å².